The predicted octanol–water partition coefficient (Wildman–Crippen LogP) is 4.69. The molecule has 1 aliphatic rings. The second-order valence-electron chi connectivity index (χ2n) is 6.75. The molecule has 1 aliphatic carbocycles. The van der Waals surface area contributed by atoms with Crippen LogP contribution >= 0.6 is 11.3 Å². The fourth-order valence-corrected chi connectivity index (χ4v) is 4.56. The zero-order chi connectivity index (χ0) is 18.8. The van der Waals surface area contributed by atoms with Crippen molar-refractivity contribution in [2.24, 2.45) is 0 Å². The first-order valence-corrected chi connectivity index (χ1v) is 9.85. The standard InChI is InChI=1S/C20H19N3O3S/c24-17(21-20-23-22-18(27-20)13-7-2-1-3-8-13)15-11-10-12-6-4-5-9-14(12)16(15)19(25)26/h4-6,9-11,13H,1-3,7-8H2,(H,25,26)(H,21,23,24). The van der Waals surface area contributed by atoms with Crippen molar-refractivity contribution in [3.63, 3.8) is 0 Å². The number of nitrogens with zero attached hydrogens (tertiary/aromatic N) is 2. The third kappa shape index (κ3) is 3.55. The van der Waals surface area contributed by atoms with Gasteiger partial charge in [0.2, 0.25) is 5.13 Å². The van der Waals surface area contributed by atoms with Crippen molar-refractivity contribution in [2.45, 2.75) is 38.0 Å². The van der Waals surface area contributed by atoms with Crippen molar-refractivity contribution in [3.05, 3.63) is 52.5 Å². The number of aromatic nitrogens is 2. The zero-order valence-electron chi connectivity index (χ0n) is 14.6. The lowest BCUT2D eigenvalue weighted by Gasteiger charge is -2.18. The third-order valence-corrected chi connectivity index (χ3v) is 6.00. The number of rotatable bonds is 4. The second-order valence-corrected chi connectivity index (χ2v) is 7.76. The van der Waals surface area contributed by atoms with Crippen LogP contribution in [0.25, 0.3) is 10.8 Å². The molecule has 0 unspecified atom stereocenters. The lowest BCUT2D eigenvalue weighted by molar-refractivity contribution is 0.0695. The Kier molecular flexibility index (Phi) is 4.85. The molecule has 2 aromatic carbocycles. The van der Waals surface area contributed by atoms with E-state index in [-0.39, 0.29) is 11.1 Å². The highest BCUT2D eigenvalue weighted by molar-refractivity contribution is 7.15. The minimum Gasteiger partial charge on any atom is -0.478 e. The molecule has 1 heterocycles. The molecule has 1 fully saturated rings. The van der Waals surface area contributed by atoms with Crippen molar-refractivity contribution in [2.75, 3.05) is 5.32 Å². The highest BCUT2D eigenvalue weighted by atomic mass is 32.1. The topological polar surface area (TPSA) is 92.2 Å². The van der Waals surface area contributed by atoms with Crippen molar-refractivity contribution < 1.29 is 14.7 Å². The van der Waals surface area contributed by atoms with Gasteiger partial charge >= 0.3 is 5.97 Å². The first kappa shape index (κ1) is 17.6. The van der Waals surface area contributed by atoms with Crippen molar-refractivity contribution in [1.82, 2.24) is 10.2 Å². The van der Waals surface area contributed by atoms with Crippen molar-refractivity contribution in [1.29, 1.82) is 0 Å². The number of carboxylic acid groups (broad SMARTS) is 1. The number of carbonyl (C=O) groups is 2. The van der Waals surface area contributed by atoms with Crippen LogP contribution in [0, 0.1) is 0 Å². The molecule has 6 nitrogen and oxygen atoms in total. The van der Waals surface area contributed by atoms with E-state index in [0.29, 0.717) is 16.4 Å². The van der Waals surface area contributed by atoms with Crippen LogP contribution < -0.4 is 5.32 Å². The van der Waals surface area contributed by atoms with Crippen molar-refractivity contribution >= 4 is 39.1 Å². The summed E-state index contributed by atoms with van der Waals surface area (Å²) in [7, 11) is 0. The molecule has 3 aromatic rings. The van der Waals surface area contributed by atoms with Gasteiger partial charge in [-0.1, -0.05) is 60.9 Å². The summed E-state index contributed by atoms with van der Waals surface area (Å²) in [6.45, 7) is 0. The maximum Gasteiger partial charge on any atom is 0.337 e. The van der Waals surface area contributed by atoms with E-state index in [2.05, 4.69) is 15.5 Å². The summed E-state index contributed by atoms with van der Waals surface area (Å²) in [5, 5.41) is 23.4. The van der Waals surface area contributed by atoms with Crippen LogP contribution in [-0.2, 0) is 0 Å². The fourth-order valence-electron chi connectivity index (χ4n) is 3.66. The van der Waals surface area contributed by atoms with E-state index < -0.39 is 11.9 Å². The third-order valence-electron chi connectivity index (χ3n) is 5.00. The first-order valence-electron chi connectivity index (χ1n) is 9.03. The normalized spacial score (nSPS) is 15.0. The van der Waals surface area contributed by atoms with E-state index in [9.17, 15) is 14.7 Å². The number of nitrogens with one attached hydrogen (secondary N) is 1. The Morgan fingerprint density at radius 1 is 1.04 bits per heavy atom. The van der Waals surface area contributed by atoms with Gasteiger partial charge in [-0.05, 0) is 29.7 Å². The average molecular weight is 381 g/mol. The number of benzene rings is 2. The Labute approximate surface area is 160 Å². The van der Waals surface area contributed by atoms with Gasteiger partial charge in [-0.15, -0.1) is 10.2 Å². The molecule has 1 aromatic heterocycles. The van der Waals surface area contributed by atoms with Crippen LogP contribution in [0.15, 0.2) is 36.4 Å². The van der Waals surface area contributed by atoms with Crippen LogP contribution in [0.5, 0.6) is 0 Å². The molecule has 0 radical (unpaired) electrons. The zero-order valence-corrected chi connectivity index (χ0v) is 15.5. The van der Waals surface area contributed by atoms with E-state index in [1.54, 1.807) is 24.3 Å². The molecule has 0 atom stereocenters. The summed E-state index contributed by atoms with van der Waals surface area (Å²) in [6.07, 6.45) is 5.88. The van der Waals surface area contributed by atoms with Crippen molar-refractivity contribution in [3.8, 4) is 0 Å². The van der Waals surface area contributed by atoms with E-state index in [0.717, 1.165) is 23.2 Å². The van der Waals surface area contributed by atoms with Crippen LogP contribution in [-0.4, -0.2) is 27.2 Å². The Balaban J connectivity index is 1.61. The van der Waals surface area contributed by atoms with Crippen LogP contribution in [0.2, 0.25) is 0 Å². The lowest BCUT2D eigenvalue weighted by atomic mass is 9.90. The molecular weight excluding hydrogens is 362 g/mol. The Hall–Kier alpha value is -2.80. The predicted molar refractivity (Wildman–Crippen MR) is 105 cm³/mol. The number of anilines is 1. The van der Waals surface area contributed by atoms with Gasteiger partial charge < -0.3 is 5.11 Å². The minimum atomic E-state index is -1.13. The van der Waals surface area contributed by atoms with Gasteiger partial charge in [-0.25, -0.2) is 4.79 Å². The molecule has 0 bridgehead atoms. The smallest absolute Gasteiger partial charge is 0.337 e. The maximum absolute atomic E-state index is 12.7. The minimum absolute atomic E-state index is 0.00243. The molecule has 1 amide bonds. The summed E-state index contributed by atoms with van der Waals surface area (Å²) in [5.74, 6) is -1.20. The average Bonchev–Trinajstić information content (AvgIpc) is 3.16. The first-order chi connectivity index (χ1) is 13.1. The van der Waals surface area contributed by atoms with Gasteiger partial charge in [0, 0.05) is 5.92 Å². The van der Waals surface area contributed by atoms with Crippen LogP contribution in [0.1, 0.15) is 63.7 Å². The monoisotopic (exact) mass is 381 g/mol. The largest absolute Gasteiger partial charge is 0.478 e. The molecule has 4 rings (SSSR count). The molecule has 0 saturated heterocycles. The fraction of sp³-hybridized carbons (Fsp3) is 0.300. The Morgan fingerprint density at radius 3 is 2.59 bits per heavy atom. The van der Waals surface area contributed by atoms with Gasteiger partial charge in [0.05, 0.1) is 11.1 Å². The Bertz CT molecular complexity index is 1010. The quantitative estimate of drug-likeness (QED) is 0.684. The van der Waals surface area contributed by atoms with Gasteiger partial charge in [-0.3, -0.25) is 10.1 Å². The maximum atomic E-state index is 12.7. The summed E-state index contributed by atoms with van der Waals surface area (Å²) < 4.78 is 0. The number of hydrogen-bond acceptors (Lipinski definition) is 5. The van der Waals surface area contributed by atoms with Crippen LogP contribution in [0.4, 0.5) is 5.13 Å². The molecule has 138 valence electrons. The molecule has 0 spiro atoms. The SMILES string of the molecule is O=C(Nc1nnc(C2CCCCC2)s1)c1ccc2ccccc2c1C(=O)O. The summed E-state index contributed by atoms with van der Waals surface area (Å²) >= 11 is 1.38. The Morgan fingerprint density at radius 2 is 1.81 bits per heavy atom. The molecular formula is C20H19N3O3S. The van der Waals surface area contributed by atoms with E-state index in [1.807, 2.05) is 12.1 Å². The van der Waals surface area contributed by atoms with Gasteiger partial charge in [0.15, 0.2) is 0 Å². The molecule has 0 aliphatic heterocycles. The highest BCUT2D eigenvalue weighted by Crippen LogP contribution is 2.35. The van der Waals surface area contributed by atoms with Gasteiger partial charge in [-0.2, -0.15) is 0 Å². The van der Waals surface area contributed by atoms with Crippen LogP contribution in [0.3, 0.4) is 0 Å². The highest BCUT2D eigenvalue weighted by Gasteiger charge is 2.23. The number of carboxylic acids is 1. The molecule has 2 N–H and O–H groups in total. The number of fused-ring (bicyclic) bond motifs is 1. The van der Waals surface area contributed by atoms with E-state index in [1.165, 1.54) is 30.6 Å². The summed E-state index contributed by atoms with van der Waals surface area (Å²) in [5.41, 5.74) is 0.123. The number of hydrogen-bond donors (Lipinski definition) is 2. The number of aromatic carboxylic acids is 1. The second kappa shape index (κ2) is 7.44. The van der Waals surface area contributed by atoms with Gasteiger partial charge in [0.1, 0.15) is 5.01 Å². The van der Waals surface area contributed by atoms with E-state index >= 15 is 0 Å². The number of carbonyl (C=O) groups excluding carboxylic acids is 1. The van der Waals surface area contributed by atoms with Gasteiger partial charge in [0.25, 0.3) is 5.91 Å². The summed E-state index contributed by atoms with van der Waals surface area (Å²) in [6, 6.07) is 10.4. The molecule has 27 heavy (non-hydrogen) atoms. The molecule has 1 saturated carbocycles. The van der Waals surface area contributed by atoms with E-state index in [4.69, 9.17) is 0 Å². The molecule has 7 heteroatoms. The lowest BCUT2D eigenvalue weighted by Crippen LogP contribution is -2.16. The number of amides is 1. The summed E-state index contributed by atoms with van der Waals surface area (Å²) in [4.78, 5) is 24.5.